The van der Waals surface area contributed by atoms with Gasteiger partial charge in [-0.1, -0.05) is 34.1 Å². The monoisotopic (exact) mass is 247 g/mol. The Morgan fingerprint density at radius 3 is 2.25 bits per heavy atom. The van der Waals surface area contributed by atoms with Crippen LogP contribution in [-0.2, 0) is 0 Å². The minimum absolute atomic E-state index is 0.214. The lowest BCUT2D eigenvalue weighted by Gasteiger charge is -2.26. The van der Waals surface area contributed by atoms with Crippen LogP contribution in [-0.4, -0.2) is 34.8 Å². The van der Waals surface area contributed by atoms with E-state index in [-0.39, 0.29) is 6.10 Å². The van der Waals surface area contributed by atoms with E-state index in [1.165, 1.54) is 12.8 Å². The number of hydrogen-bond donors (Lipinski definition) is 2. The highest BCUT2D eigenvalue weighted by atomic mass is 32.2. The van der Waals surface area contributed by atoms with E-state index >= 15 is 0 Å². The highest BCUT2D eigenvalue weighted by Crippen LogP contribution is 2.19. The zero-order chi connectivity index (χ0) is 12.6. The molecule has 0 aliphatic heterocycles. The van der Waals surface area contributed by atoms with Crippen molar-refractivity contribution in [1.29, 1.82) is 0 Å². The molecule has 0 aliphatic rings. The largest absolute Gasteiger partial charge is 0.392 e. The summed E-state index contributed by atoms with van der Waals surface area (Å²) in [6, 6.07) is 0.580. The van der Waals surface area contributed by atoms with Gasteiger partial charge in [-0.2, -0.15) is 11.8 Å². The predicted molar refractivity (Wildman–Crippen MR) is 75.1 cm³/mol. The summed E-state index contributed by atoms with van der Waals surface area (Å²) in [4.78, 5) is 0. The van der Waals surface area contributed by atoms with Crippen LogP contribution >= 0.6 is 11.8 Å². The Morgan fingerprint density at radius 2 is 1.81 bits per heavy atom. The third-order valence-electron chi connectivity index (χ3n) is 3.21. The van der Waals surface area contributed by atoms with Crippen molar-refractivity contribution < 1.29 is 5.11 Å². The molecule has 0 rings (SSSR count). The van der Waals surface area contributed by atoms with Crippen molar-refractivity contribution in [3.05, 3.63) is 0 Å². The highest BCUT2D eigenvalue weighted by molar-refractivity contribution is 7.99. The van der Waals surface area contributed by atoms with Gasteiger partial charge in [0, 0.05) is 17.0 Å². The van der Waals surface area contributed by atoms with E-state index in [1.807, 2.05) is 18.7 Å². The zero-order valence-corrected chi connectivity index (χ0v) is 12.3. The van der Waals surface area contributed by atoms with Crippen LogP contribution < -0.4 is 5.32 Å². The number of hydrogen-bond acceptors (Lipinski definition) is 3. The highest BCUT2D eigenvalue weighted by Gasteiger charge is 2.17. The molecule has 0 aromatic heterocycles. The topological polar surface area (TPSA) is 32.3 Å². The average Bonchev–Trinajstić information content (AvgIpc) is 2.27. The van der Waals surface area contributed by atoms with Crippen LogP contribution in [0.3, 0.4) is 0 Å². The van der Waals surface area contributed by atoms with Crippen molar-refractivity contribution in [2.75, 3.05) is 12.3 Å². The second kappa shape index (κ2) is 9.32. The van der Waals surface area contributed by atoms with E-state index < -0.39 is 0 Å². The van der Waals surface area contributed by atoms with Gasteiger partial charge < -0.3 is 10.4 Å². The minimum atomic E-state index is -0.214. The Morgan fingerprint density at radius 1 is 1.19 bits per heavy atom. The Bertz CT molecular complexity index is 164. The smallest absolute Gasteiger partial charge is 0.0628 e. The van der Waals surface area contributed by atoms with Gasteiger partial charge >= 0.3 is 0 Å². The van der Waals surface area contributed by atoms with Crippen LogP contribution in [0, 0.1) is 5.92 Å². The summed E-state index contributed by atoms with van der Waals surface area (Å²) in [6.07, 6.45) is 2.18. The third-order valence-corrected chi connectivity index (χ3v) is 4.68. The molecule has 2 N–H and O–H groups in total. The summed E-state index contributed by atoms with van der Waals surface area (Å²) in [7, 11) is 0. The Labute approximate surface area is 106 Å². The number of thioether (sulfide) groups is 1. The minimum Gasteiger partial charge on any atom is -0.392 e. The number of nitrogens with one attached hydrogen (secondary N) is 1. The van der Waals surface area contributed by atoms with E-state index in [2.05, 4.69) is 33.0 Å². The quantitative estimate of drug-likeness (QED) is 0.657. The van der Waals surface area contributed by atoms with Crippen molar-refractivity contribution in [3.8, 4) is 0 Å². The maximum atomic E-state index is 9.46. The SMILES string of the molecule is CCCNC(CSC(C)C(C)O)C(C)CC. The van der Waals surface area contributed by atoms with Crippen LogP contribution in [0.5, 0.6) is 0 Å². The second-order valence-electron chi connectivity index (χ2n) is 4.73. The van der Waals surface area contributed by atoms with Crippen molar-refractivity contribution in [3.63, 3.8) is 0 Å². The average molecular weight is 247 g/mol. The fraction of sp³-hybridized carbons (Fsp3) is 1.00. The molecule has 0 fully saturated rings. The summed E-state index contributed by atoms with van der Waals surface area (Å²) in [5, 5.41) is 13.4. The molecule has 4 unspecified atom stereocenters. The molecule has 0 amide bonds. The van der Waals surface area contributed by atoms with Crippen LogP contribution in [0.15, 0.2) is 0 Å². The molecule has 0 saturated heterocycles. The van der Waals surface area contributed by atoms with Crippen molar-refractivity contribution in [1.82, 2.24) is 5.32 Å². The molecule has 0 aliphatic carbocycles. The van der Waals surface area contributed by atoms with E-state index in [4.69, 9.17) is 0 Å². The lowest BCUT2D eigenvalue weighted by atomic mass is 10.0. The fourth-order valence-corrected chi connectivity index (χ4v) is 2.67. The summed E-state index contributed by atoms with van der Waals surface area (Å²) in [5.41, 5.74) is 0. The van der Waals surface area contributed by atoms with Crippen molar-refractivity contribution in [2.24, 2.45) is 5.92 Å². The third kappa shape index (κ3) is 6.77. The van der Waals surface area contributed by atoms with E-state index in [9.17, 15) is 5.11 Å². The van der Waals surface area contributed by atoms with Gasteiger partial charge in [0.2, 0.25) is 0 Å². The van der Waals surface area contributed by atoms with Gasteiger partial charge in [-0.25, -0.2) is 0 Å². The Balaban J connectivity index is 4.00. The molecule has 0 heterocycles. The Kier molecular flexibility index (Phi) is 9.47. The second-order valence-corrected chi connectivity index (χ2v) is 6.14. The Hall–Kier alpha value is 0.270. The van der Waals surface area contributed by atoms with Gasteiger partial charge in [0.25, 0.3) is 0 Å². The molecule has 16 heavy (non-hydrogen) atoms. The van der Waals surface area contributed by atoms with Gasteiger partial charge in [0.05, 0.1) is 6.10 Å². The van der Waals surface area contributed by atoms with Crippen molar-refractivity contribution in [2.45, 2.75) is 64.9 Å². The molecule has 0 saturated carbocycles. The summed E-state index contributed by atoms with van der Waals surface area (Å²) >= 11 is 1.87. The lowest BCUT2D eigenvalue weighted by molar-refractivity contribution is 0.196. The standard InChI is InChI=1S/C13H29NOS/c1-6-8-14-13(10(3)7-2)9-16-12(5)11(4)15/h10-15H,6-9H2,1-5H3. The van der Waals surface area contributed by atoms with Gasteiger partial charge in [0.1, 0.15) is 0 Å². The molecule has 0 bridgehead atoms. The fourth-order valence-electron chi connectivity index (χ4n) is 1.43. The number of aliphatic hydroxyl groups excluding tert-OH is 1. The van der Waals surface area contributed by atoms with Crippen LogP contribution in [0.4, 0.5) is 0 Å². The summed E-state index contributed by atoms with van der Waals surface area (Å²) in [6.45, 7) is 11.8. The molecule has 0 aromatic rings. The van der Waals surface area contributed by atoms with E-state index in [0.717, 1.165) is 12.3 Å². The normalized spacial score (nSPS) is 19.1. The molecule has 0 radical (unpaired) electrons. The molecule has 98 valence electrons. The van der Waals surface area contributed by atoms with Crippen LogP contribution in [0.1, 0.15) is 47.5 Å². The number of rotatable bonds is 9. The first-order chi connectivity index (χ1) is 7.52. The first-order valence-corrected chi connectivity index (χ1v) is 7.60. The molecule has 0 spiro atoms. The molecule has 3 heteroatoms. The molecule has 0 aromatic carbocycles. The zero-order valence-electron chi connectivity index (χ0n) is 11.5. The molecular weight excluding hydrogens is 218 g/mol. The maximum Gasteiger partial charge on any atom is 0.0628 e. The molecular formula is C13H29NOS. The van der Waals surface area contributed by atoms with E-state index in [0.29, 0.717) is 17.2 Å². The van der Waals surface area contributed by atoms with Gasteiger partial charge in [0.15, 0.2) is 0 Å². The summed E-state index contributed by atoms with van der Waals surface area (Å²) < 4.78 is 0. The number of aliphatic hydroxyl groups is 1. The van der Waals surface area contributed by atoms with Gasteiger partial charge in [-0.05, 0) is 25.8 Å². The van der Waals surface area contributed by atoms with Crippen LogP contribution in [0.25, 0.3) is 0 Å². The molecule has 4 atom stereocenters. The van der Waals surface area contributed by atoms with Gasteiger partial charge in [-0.15, -0.1) is 0 Å². The van der Waals surface area contributed by atoms with Crippen LogP contribution in [0.2, 0.25) is 0 Å². The maximum absolute atomic E-state index is 9.46. The van der Waals surface area contributed by atoms with E-state index in [1.54, 1.807) is 0 Å². The lowest BCUT2D eigenvalue weighted by Crippen LogP contribution is -2.38. The van der Waals surface area contributed by atoms with Gasteiger partial charge in [-0.3, -0.25) is 0 Å². The van der Waals surface area contributed by atoms with Crippen molar-refractivity contribution >= 4 is 11.8 Å². The predicted octanol–water partition coefficient (Wildman–Crippen LogP) is 2.90. The molecule has 2 nitrogen and oxygen atoms in total. The first kappa shape index (κ1) is 16.3. The first-order valence-electron chi connectivity index (χ1n) is 6.55. The summed E-state index contributed by atoms with van der Waals surface area (Å²) in [5.74, 6) is 1.81.